The monoisotopic (exact) mass is 452 g/mol. The van der Waals surface area contributed by atoms with Gasteiger partial charge in [-0.25, -0.2) is 4.98 Å². The SMILES string of the molecule is O=C(Nc1cccc2ccccc12)c1cc(-c2cccc(Br)c2)nc2ccccc12. The minimum atomic E-state index is -0.152. The zero-order chi connectivity index (χ0) is 20.5. The first kappa shape index (κ1) is 18.5. The molecule has 0 fully saturated rings. The van der Waals surface area contributed by atoms with Gasteiger partial charge in [-0.3, -0.25) is 4.79 Å². The first-order valence-electron chi connectivity index (χ1n) is 9.64. The molecule has 0 aliphatic rings. The Balaban J connectivity index is 1.63. The van der Waals surface area contributed by atoms with Crippen LogP contribution >= 0.6 is 15.9 Å². The standard InChI is InChI=1S/C26H17BrN2O/c27-19-10-5-9-18(15-19)25-16-22(21-12-3-4-13-24(21)28-25)26(30)29-23-14-6-8-17-7-1-2-11-20(17)23/h1-16H,(H,29,30). The number of aromatic nitrogens is 1. The minimum Gasteiger partial charge on any atom is -0.321 e. The number of halogens is 1. The van der Waals surface area contributed by atoms with Crippen molar-refractivity contribution in [2.45, 2.75) is 0 Å². The third-order valence-corrected chi connectivity index (χ3v) is 5.61. The van der Waals surface area contributed by atoms with Crippen molar-refractivity contribution in [3.05, 3.63) is 107 Å². The van der Waals surface area contributed by atoms with Crippen LogP contribution in [0.1, 0.15) is 10.4 Å². The molecule has 4 aromatic carbocycles. The van der Waals surface area contributed by atoms with Crippen molar-refractivity contribution in [3.63, 3.8) is 0 Å². The number of rotatable bonds is 3. The van der Waals surface area contributed by atoms with E-state index < -0.39 is 0 Å². The Labute approximate surface area is 182 Å². The lowest BCUT2D eigenvalue weighted by Crippen LogP contribution is -2.13. The largest absolute Gasteiger partial charge is 0.321 e. The van der Waals surface area contributed by atoms with E-state index in [2.05, 4.69) is 21.2 Å². The average molecular weight is 453 g/mol. The highest BCUT2D eigenvalue weighted by Gasteiger charge is 2.15. The lowest BCUT2D eigenvalue weighted by molar-refractivity contribution is 0.102. The van der Waals surface area contributed by atoms with Crippen molar-refractivity contribution in [3.8, 4) is 11.3 Å². The van der Waals surface area contributed by atoms with Crippen LogP contribution in [0.2, 0.25) is 0 Å². The molecule has 5 rings (SSSR count). The highest BCUT2D eigenvalue weighted by atomic mass is 79.9. The van der Waals surface area contributed by atoms with E-state index in [-0.39, 0.29) is 5.91 Å². The van der Waals surface area contributed by atoms with E-state index in [1.807, 2.05) is 97.1 Å². The number of fused-ring (bicyclic) bond motifs is 2. The minimum absolute atomic E-state index is 0.152. The smallest absolute Gasteiger partial charge is 0.256 e. The Kier molecular flexibility index (Phi) is 4.77. The van der Waals surface area contributed by atoms with E-state index >= 15 is 0 Å². The van der Waals surface area contributed by atoms with E-state index in [1.54, 1.807) is 0 Å². The molecule has 0 bridgehead atoms. The summed E-state index contributed by atoms with van der Waals surface area (Å²) in [7, 11) is 0. The first-order chi connectivity index (χ1) is 14.7. The Morgan fingerprint density at radius 1 is 0.767 bits per heavy atom. The maximum absolute atomic E-state index is 13.4. The molecule has 144 valence electrons. The molecule has 30 heavy (non-hydrogen) atoms. The summed E-state index contributed by atoms with van der Waals surface area (Å²) in [6.45, 7) is 0. The molecule has 1 amide bonds. The zero-order valence-electron chi connectivity index (χ0n) is 16.0. The second-order valence-electron chi connectivity index (χ2n) is 7.06. The van der Waals surface area contributed by atoms with E-state index in [0.717, 1.165) is 43.1 Å². The Morgan fingerprint density at radius 2 is 1.50 bits per heavy atom. The molecule has 4 heteroatoms. The van der Waals surface area contributed by atoms with E-state index in [4.69, 9.17) is 4.98 Å². The van der Waals surface area contributed by atoms with Gasteiger partial charge in [-0.1, -0.05) is 82.7 Å². The van der Waals surface area contributed by atoms with Crippen molar-refractivity contribution in [2.75, 3.05) is 5.32 Å². The number of nitrogens with one attached hydrogen (secondary N) is 1. The number of para-hydroxylation sites is 1. The molecule has 1 heterocycles. The zero-order valence-corrected chi connectivity index (χ0v) is 17.6. The van der Waals surface area contributed by atoms with Crippen molar-refractivity contribution in [1.29, 1.82) is 0 Å². The third kappa shape index (κ3) is 3.46. The van der Waals surface area contributed by atoms with Crippen LogP contribution in [-0.4, -0.2) is 10.9 Å². The van der Waals surface area contributed by atoms with Gasteiger partial charge in [-0.15, -0.1) is 0 Å². The fraction of sp³-hybridized carbons (Fsp3) is 0. The Hall–Kier alpha value is -3.50. The van der Waals surface area contributed by atoms with Crippen molar-refractivity contribution in [1.82, 2.24) is 4.98 Å². The summed E-state index contributed by atoms with van der Waals surface area (Å²) in [5.74, 6) is -0.152. The number of amides is 1. The van der Waals surface area contributed by atoms with Crippen LogP contribution in [0, 0.1) is 0 Å². The van der Waals surface area contributed by atoms with E-state index in [9.17, 15) is 4.79 Å². The molecular formula is C26H17BrN2O. The van der Waals surface area contributed by atoms with Gasteiger partial charge in [0.15, 0.2) is 0 Å². The van der Waals surface area contributed by atoms with Crippen LogP contribution in [0.25, 0.3) is 32.9 Å². The second-order valence-corrected chi connectivity index (χ2v) is 7.98. The molecule has 0 aliphatic carbocycles. The number of anilines is 1. The quantitative estimate of drug-likeness (QED) is 0.318. The van der Waals surface area contributed by atoms with Gasteiger partial charge >= 0.3 is 0 Å². The maximum atomic E-state index is 13.4. The number of benzene rings is 4. The highest BCUT2D eigenvalue weighted by Crippen LogP contribution is 2.28. The van der Waals surface area contributed by atoms with Crippen molar-refractivity contribution in [2.24, 2.45) is 0 Å². The predicted molar refractivity (Wildman–Crippen MR) is 127 cm³/mol. The highest BCUT2D eigenvalue weighted by molar-refractivity contribution is 9.10. The molecule has 0 atom stereocenters. The number of nitrogens with zero attached hydrogens (tertiary/aromatic N) is 1. The number of hydrogen-bond acceptors (Lipinski definition) is 2. The molecule has 3 nitrogen and oxygen atoms in total. The lowest BCUT2D eigenvalue weighted by atomic mass is 10.0. The van der Waals surface area contributed by atoms with Gasteiger partial charge in [0.2, 0.25) is 0 Å². The van der Waals surface area contributed by atoms with E-state index in [0.29, 0.717) is 5.56 Å². The summed E-state index contributed by atoms with van der Waals surface area (Å²) in [5, 5.41) is 6.04. The predicted octanol–water partition coefficient (Wildman–Crippen LogP) is 7.07. The topological polar surface area (TPSA) is 42.0 Å². The van der Waals surface area contributed by atoms with Crippen molar-refractivity contribution < 1.29 is 4.79 Å². The molecule has 0 spiro atoms. The van der Waals surface area contributed by atoms with Crippen LogP contribution in [0.3, 0.4) is 0 Å². The van der Waals surface area contributed by atoms with Gasteiger partial charge in [0.05, 0.1) is 16.8 Å². The van der Waals surface area contributed by atoms with Gasteiger partial charge in [0, 0.05) is 26.5 Å². The molecule has 0 saturated carbocycles. The Bertz CT molecular complexity index is 1410. The normalized spacial score (nSPS) is 11.0. The van der Waals surface area contributed by atoms with Crippen molar-refractivity contribution >= 4 is 49.2 Å². The summed E-state index contributed by atoms with van der Waals surface area (Å²) >= 11 is 3.52. The first-order valence-corrected chi connectivity index (χ1v) is 10.4. The third-order valence-electron chi connectivity index (χ3n) is 5.12. The summed E-state index contributed by atoms with van der Waals surface area (Å²) in [4.78, 5) is 18.2. The van der Waals surface area contributed by atoms with Gasteiger partial charge in [0.25, 0.3) is 5.91 Å². The Morgan fingerprint density at radius 3 is 2.37 bits per heavy atom. The summed E-state index contributed by atoms with van der Waals surface area (Å²) in [6, 6.07) is 31.5. The number of carbonyl (C=O) groups is 1. The number of carbonyl (C=O) groups excluding carboxylic acids is 1. The van der Waals surface area contributed by atoms with Crippen LogP contribution in [0.5, 0.6) is 0 Å². The molecule has 5 aromatic rings. The molecular weight excluding hydrogens is 436 g/mol. The molecule has 1 aromatic heterocycles. The summed E-state index contributed by atoms with van der Waals surface area (Å²) in [6.07, 6.45) is 0. The second kappa shape index (κ2) is 7.73. The maximum Gasteiger partial charge on any atom is 0.256 e. The fourth-order valence-corrected chi connectivity index (χ4v) is 4.08. The molecule has 0 unspecified atom stereocenters. The summed E-state index contributed by atoms with van der Waals surface area (Å²) in [5.41, 5.74) is 3.90. The van der Waals surface area contributed by atoms with Crippen LogP contribution in [0.15, 0.2) is 102 Å². The van der Waals surface area contributed by atoms with Gasteiger partial charge in [-0.05, 0) is 35.7 Å². The fourth-order valence-electron chi connectivity index (χ4n) is 3.68. The van der Waals surface area contributed by atoms with Gasteiger partial charge in [-0.2, -0.15) is 0 Å². The average Bonchev–Trinajstić information content (AvgIpc) is 2.78. The van der Waals surface area contributed by atoms with E-state index in [1.165, 1.54) is 0 Å². The van der Waals surface area contributed by atoms with Gasteiger partial charge < -0.3 is 5.32 Å². The summed E-state index contributed by atoms with van der Waals surface area (Å²) < 4.78 is 0.969. The molecule has 1 N–H and O–H groups in total. The van der Waals surface area contributed by atoms with Crippen LogP contribution in [0.4, 0.5) is 5.69 Å². The number of pyridine rings is 1. The lowest BCUT2D eigenvalue weighted by Gasteiger charge is -2.12. The van der Waals surface area contributed by atoms with Crippen LogP contribution < -0.4 is 5.32 Å². The number of hydrogen-bond donors (Lipinski definition) is 1. The molecule has 0 saturated heterocycles. The molecule has 0 radical (unpaired) electrons. The van der Waals surface area contributed by atoms with Gasteiger partial charge in [0.1, 0.15) is 0 Å². The molecule has 0 aliphatic heterocycles. The van der Waals surface area contributed by atoms with Crippen LogP contribution in [-0.2, 0) is 0 Å².